The van der Waals surface area contributed by atoms with Crippen LogP contribution < -0.4 is 10.1 Å². The van der Waals surface area contributed by atoms with Gasteiger partial charge in [-0.25, -0.2) is 0 Å². The maximum absolute atomic E-state index is 12.9. The number of fused-ring (bicyclic) bond motifs is 1. The molecule has 1 saturated heterocycles. The smallest absolute Gasteiger partial charge is 0.257 e. The summed E-state index contributed by atoms with van der Waals surface area (Å²) in [4.78, 5) is 24.6. The highest BCUT2D eigenvalue weighted by Crippen LogP contribution is 2.26. The van der Waals surface area contributed by atoms with Gasteiger partial charge < -0.3 is 10.1 Å². The maximum Gasteiger partial charge on any atom is 0.257 e. The predicted molar refractivity (Wildman–Crippen MR) is 135 cm³/mol. The lowest BCUT2D eigenvalue weighted by atomic mass is 10.1. The summed E-state index contributed by atoms with van der Waals surface area (Å²) < 4.78 is 5.20. The van der Waals surface area contributed by atoms with Gasteiger partial charge in [0, 0.05) is 35.6 Å². The molecular weight excluding hydrogens is 424 g/mol. The molecule has 2 aromatic heterocycles. The van der Waals surface area contributed by atoms with E-state index < -0.39 is 0 Å². The van der Waals surface area contributed by atoms with Crippen LogP contribution in [0.4, 0.5) is 5.69 Å². The van der Waals surface area contributed by atoms with Crippen molar-refractivity contribution >= 4 is 22.5 Å². The van der Waals surface area contributed by atoms with Crippen LogP contribution in [0.15, 0.2) is 67.0 Å². The topological polar surface area (TPSA) is 67.3 Å². The third-order valence-corrected chi connectivity index (χ3v) is 6.43. The number of anilines is 1. The second kappa shape index (κ2) is 9.61. The van der Waals surface area contributed by atoms with Gasteiger partial charge >= 0.3 is 0 Å². The molecular formula is C28H28N4O2. The Morgan fingerprint density at radius 1 is 1.00 bits per heavy atom. The molecule has 2 aromatic carbocycles. The van der Waals surface area contributed by atoms with Gasteiger partial charge in [0.1, 0.15) is 5.75 Å². The lowest BCUT2D eigenvalue weighted by molar-refractivity contribution is 0.102. The van der Waals surface area contributed by atoms with E-state index in [4.69, 9.17) is 9.72 Å². The quantitative estimate of drug-likeness (QED) is 0.421. The normalized spacial score (nSPS) is 13.8. The van der Waals surface area contributed by atoms with Crippen LogP contribution in [0.2, 0.25) is 0 Å². The summed E-state index contributed by atoms with van der Waals surface area (Å²) in [5.74, 6) is 0.602. The lowest BCUT2D eigenvalue weighted by Crippen LogP contribution is -2.18. The number of methoxy groups -OCH3 is 1. The Labute approximate surface area is 199 Å². The summed E-state index contributed by atoms with van der Waals surface area (Å²) in [5.41, 5.74) is 6.14. The molecule has 0 aliphatic carbocycles. The molecule has 4 aromatic rings. The fraction of sp³-hybridized carbons (Fsp3) is 0.250. The molecule has 0 spiro atoms. The van der Waals surface area contributed by atoms with Gasteiger partial charge in [0.25, 0.3) is 5.91 Å². The SMILES string of the molecule is COc1ccc(-c2ccc(C(=O)Nc3ccc4cc(CN5CCCC5)cnc4c3C)cn2)cc1. The minimum atomic E-state index is -0.193. The number of aromatic nitrogens is 2. The molecule has 6 heteroatoms. The third-order valence-electron chi connectivity index (χ3n) is 6.43. The third kappa shape index (κ3) is 4.63. The highest BCUT2D eigenvalue weighted by molar-refractivity contribution is 6.05. The van der Waals surface area contributed by atoms with Gasteiger partial charge in [-0.05, 0) is 92.5 Å². The average Bonchev–Trinajstić information content (AvgIpc) is 3.39. The number of nitrogens with one attached hydrogen (secondary N) is 1. The fourth-order valence-corrected chi connectivity index (χ4v) is 4.47. The van der Waals surface area contributed by atoms with Crippen LogP contribution in [-0.4, -0.2) is 41.0 Å². The molecule has 0 bridgehead atoms. The molecule has 1 amide bonds. The minimum Gasteiger partial charge on any atom is -0.497 e. The molecule has 1 fully saturated rings. The number of nitrogens with zero attached hydrogens (tertiary/aromatic N) is 3. The number of ether oxygens (including phenoxy) is 1. The molecule has 172 valence electrons. The van der Waals surface area contributed by atoms with E-state index in [0.29, 0.717) is 5.56 Å². The monoisotopic (exact) mass is 452 g/mol. The zero-order chi connectivity index (χ0) is 23.5. The summed E-state index contributed by atoms with van der Waals surface area (Å²) in [5, 5.41) is 4.12. The molecule has 0 saturated carbocycles. The van der Waals surface area contributed by atoms with Crippen LogP contribution in [0.3, 0.4) is 0 Å². The van der Waals surface area contributed by atoms with Crippen LogP contribution in [0.1, 0.15) is 34.3 Å². The van der Waals surface area contributed by atoms with Gasteiger partial charge in [-0.1, -0.05) is 6.07 Å². The number of aryl methyl sites for hydroxylation is 1. The first kappa shape index (κ1) is 22.0. The predicted octanol–water partition coefficient (Wildman–Crippen LogP) is 5.46. The van der Waals surface area contributed by atoms with Crippen LogP contribution in [0.5, 0.6) is 5.75 Å². The van der Waals surface area contributed by atoms with Crippen molar-refractivity contribution < 1.29 is 9.53 Å². The van der Waals surface area contributed by atoms with E-state index in [1.54, 1.807) is 19.4 Å². The van der Waals surface area contributed by atoms with Crippen molar-refractivity contribution in [1.82, 2.24) is 14.9 Å². The van der Waals surface area contributed by atoms with E-state index in [1.165, 1.54) is 18.4 Å². The van der Waals surface area contributed by atoms with E-state index in [2.05, 4.69) is 21.3 Å². The Kier molecular flexibility index (Phi) is 6.23. The number of carbonyl (C=O) groups is 1. The Balaban J connectivity index is 1.30. The van der Waals surface area contributed by atoms with Gasteiger partial charge in [-0.2, -0.15) is 0 Å². The van der Waals surface area contributed by atoms with Crippen LogP contribution in [0, 0.1) is 6.92 Å². The van der Waals surface area contributed by atoms with Crippen molar-refractivity contribution in [2.75, 3.05) is 25.5 Å². The Morgan fingerprint density at radius 3 is 2.50 bits per heavy atom. The number of amides is 1. The molecule has 0 unspecified atom stereocenters. The van der Waals surface area contributed by atoms with Gasteiger partial charge in [0.2, 0.25) is 0 Å². The highest BCUT2D eigenvalue weighted by atomic mass is 16.5. The van der Waals surface area contributed by atoms with Crippen LogP contribution in [-0.2, 0) is 6.54 Å². The molecule has 1 aliphatic rings. The van der Waals surface area contributed by atoms with E-state index in [-0.39, 0.29) is 5.91 Å². The molecule has 1 aliphatic heterocycles. The Hall–Kier alpha value is -3.77. The van der Waals surface area contributed by atoms with Crippen molar-refractivity contribution in [2.24, 2.45) is 0 Å². The zero-order valence-corrected chi connectivity index (χ0v) is 19.5. The summed E-state index contributed by atoms with van der Waals surface area (Å²) in [6, 6.07) is 17.5. The minimum absolute atomic E-state index is 0.193. The van der Waals surface area contributed by atoms with Crippen molar-refractivity contribution in [2.45, 2.75) is 26.3 Å². The second-order valence-electron chi connectivity index (χ2n) is 8.75. The zero-order valence-electron chi connectivity index (χ0n) is 19.5. The van der Waals surface area contributed by atoms with E-state index in [0.717, 1.165) is 58.8 Å². The second-order valence-corrected chi connectivity index (χ2v) is 8.75. The summed E-state index contributed by atoms with van der Waals surface area (Å²) in [6.07, 6.45) is 6.13. The highest BCUT2D eigenvalue weighted by Gasteiger charge is 2.14. The average molecular weight is 453 g/mol. The first-order valence-corrected chi connectivity index (χ1v) is 11.6. The lowest BCUT2D eigenvalue weighted by Gasteiger charge is -2.15. The van der Waals surface area contributed by atoms with E-state index in [9.17, 15) is 4.79 Å². The van der Waals surface area contributed by atoms with Crippen LogP contribution in [0.25, 0.3) is 22.2 Å². The number of carbonyl (C=O) groups excluding carboxylic acids is 1. The van der Waals surface area contributed by atoms with Crippen molar-refractivity contribution in [3.05, 3.63) is 83.7 Å². The van der Waals surface area contributed by atoms with E-state index in [1.807, 2.05) is 55.6 Å². The first-order valence-electron chi connectivity index (χ1n) is 11.6. The van der Waals surface area contributed by atoms with Gasteiger partial charge in [0.05, 0.1) is 23.9 Å². The first-order chi connectivity index (χ1) is 16.6. The van der Waals surface area contributed by atoms with Crippen molar-refractivity contribution in [1.29, 1.82) is 0 Å². The van der Waals surface area contributed by atoms with Gasteiger partial charge in [-0.15, -0.1) is 0 Å². The van der Waals surface area contributed by atoms with Crippen molar-refractivity contribution in [3.63, 3.8) is 0 Å². The van der Waals surface area contributed by atoms with Gasteiger partial charge in [0.15, 0.2) is 0 Å². The number of likely N-dealkylation sites (tertiary alicyclic amines) is 1. The molecule has 3 heterocycles. The van der Waals surface area contributed by atoms with Crippen LogP contribution >= 0.6 is 0 Å². The molecule has 5 rings (SSSR count). The van der Waals surface area contributed by atoms with Crippen molar-refractivity contribution in [3.8, 4) is 17.0 Å². The maximum atomic E-state index is 12.9. The summed E-state index contributed by atoms with van der Waals surface area (Å²) in [6.45, 7) is 5.27. The fourth-order valence-electron chi connectivity index (χ4n) is 4.47. The molecule has 34 heavy (non-hydrogen) atoms. The Bertz CT molecular complexity index is 1310. The standard InChI is InChI=1S/C28H28N4O2/c1-19-25(11-7-22-15-20(16-30-27(19)22)18-32-13-3-4-14-32)31-28(33)23-8-12-26(29-17-23)21-5-9-24(34-2)10-6-21/h5-12,15-17H,3-4,13-14,18H2,1-2H3,(H,31,33). The summed E-state index contributed by atoms with van der Waals surface area (Å²) >= 11 is 0. The molecule has 0 atom stereocenters. The molecule has 0 radical (unpaired) electrons. The number of hydrogen-bond acceptors (Lipinski definition) is 5. The summed E-state index contributed by atoms with van der Waals surface area (Å²) in [7, 11) is 1.64. The molecule has 1 N–H and O–H groups in total. The largest absolute Gasteiger partial charge is 0.497 e. The molecule has 6 nitrogen and oxygen atoms in total. The number of rotatable bonds is 6. The number of pyridine rings is 2. The number of benzene rings is 2. The van der Waals surface area contributed by atoms with E-state index >= 15 is 0 Å². The number of hydrogen-bond donors (Lipinski definition) is 1. The van der Waals surface area contributed by atoms with Gasteiger partial charge in [-0.3, -0.25) is 19.7 Å². The Morgan fingerprint density at radius 2 is 1.79 bits per heavy atom.